The van der Waals surface area contributed by atoms with Gasteiger partial charge in [-0.3, -0.25) is 0 Å². The van der Waals surface area contributed by atoms with E-state index in [1.54, 1.807) is 25.1 Å². The molecule has 1 fully saturated rings. The average molecular weight is 374 g/mol. The molecule has 148 valence electrons. The second-order valence-electron chi connectivity index (χ2n) is 6.90. The van der Waals surface area contributed by atoms with Crippen LogP contribution >= 0.6 is 0 Å². The van der Waals surface area contributed by atoms with Crippen molar-refractivity contribution in [3.63, 3.8) is 0 Å². The zero-order chi connectivity index (χ0) is 19.2. The number of piperidine rings is 1. The van der Waals surface area contributed by atoms with Crippen molar-refractivity contribution >= 4 is 0 Å². The third-order valence-corrected chi connectivity index (χ3v) is 4.55. The summed E-state index contributed by atoms with van der Waals surface area (Å²) in [5, 5.41) is 3.54. The Hall–Kier alpha value is -1.47. The van der Waals surface area contributed by atoms with Gasteiger partial charge in [-0.05, 0) is 64.4 Å². The molecule has 0 amide bonds. The van der Waals surface area contributed by atoms with Gasteiger partial charge < -0.3 is 19.7 Å². The summed E-state index contributed by atoms with van der Waals surface area (Å²) in [6.45, 7) is 8.10. The molecule has 26 heavy (non-hydrogen) atoms. The summed E-state index contributed by atoms with van der Waals surface area (Å²) in [4.78, 5) is 2.47. The van der Waals surface area contributed by atoms with E-state index in [0.29, 0.717) is 31.0 Å². The van der Waals surface area contributed by atoms with Gasteiger partial charge in [-0.2, -0.15) is 13.2 Å². The second kappa shape index (κ2) is 9.46. The summed E-state index contributed by atoms with van der Waals surface area (Å²) in [5.41, 5.74) is 0.971. The van der Waals surface area contributed by atoms with Crippen LogP contribution in [0.25, 0.3) is 0 Å². The number of ether oxygens (including phenoxy) is 2. The molecule has 0 aromatic heterocycles. The molecular formula is C19H29F3N2O2. The van der Waals surface area contributed by atoms with Crippen LogP contribution in [0.4, 0.5) is 13.2 Å². The summed E-state index contributed by atoms with van der Waals surface area (Å²) in [6, 6.07) is 6.13. The van der Waals surface area contributed by atoms with Crippen LogP contribution in [-0.4, -0.2) is 49.5 Å². The van der Waals surface area contributed by atoms with Crippen molar-refractivity contribution in [2.75, 3.05) is 26.3 Å². The fraction of sp³-hybridized carbons (Fsp3) is 0.684. The molecule has 0 unspecified atom stereocenters. The fourth-order valence-corrected chi connectivity index (χ4v) is 3.09. The van der Waals surface area contributed by atoms with Crippen molar-refractivity contribution in [1.82, 2.24) is 10.2 Å². The maximum atomic E-state index is 12.4. The Morgan fingerprint density at radius 2 is 1.85 bits per heavy atom. The van der Waals surface area contributed by atoms with E-state index in [4.69, 9.17) is 9.47 Å². The summed E-state index contributed by atoms with van der Waals surface area (Å²) < 4.78 is 47.4. The molecule has 0 bridgehead atoms. The van der Waals surface area contributed by atoms with Crippen LogP contribution < -0.4 is 14.8 Å². The molecule has 1 aliphatic rings. The third kappa shape index (κ3) is 6.68. The van der Waals surface area contributed by atoms with Gasteiger partial charge in [0, 0.05) is 18.6 Å². The number of likely N-dealkylation sites (tertiary alicyclic amines) is 1. The molecule has 0 atom stereocenters. The summed E-state index contributed by atoms with van der Waals surface area (Å²) >= 11 is 0. The van der Waals surface area contributed by atoms with Crippen molar-refractivity contribution in [2.45, 2.75) is 58.4 Å². The monoisotopic (exact) mass is 374 g/mol. The van der Waals surface area contributed by atoms with Gasteiger partial charge in [0.05, 0.1) is 6.61 Å². The van der Waals surface area contributed by atoms with Crippen LogP contribution in [-0.2, 0) is 6.54 Å². The summed E-state index contributed by atoms with van der Waals surface area (Å²) in [5.74, 6) is 0.476. The maximum Gasteiger partial charge on any atom is 0.422 e. The van der Waals surface area contributed by atoms with E-state index >= 15 is 0 Å². The fourth-order valence-electron chi connectivity index (χ4n) is 3.09. The lowest BCUT2D eigenvalue weighted by Crippen LogP contribution is -2.44. The Morgan fingerprint density at radius 1 is 1.15 bits per heavy atom. The highest BCUT2D eigenvalue weighted by molar-refractivity contribution is 5.43. The lowest BCUT2D eigenvalue weighted by molar-refractivity contribution is -0.153. The minimum absolute atomic E-state index is 0.123. The van der Waals surface area contributed by atoms with Gasteiger partial charge >= 0.3 is 6.18 Å². The lowest BCUT2D eigenvalue weighted by atomic mass is 10.0. The number of rotatable bonds is 8. The highest BCUT2D eigenvalue weighted by Gasteiger charge is 2.29. The van der Waals surface area contributed by atoms with Gasteiger partial charge in [0.2, 0.25) is 0 Å². The number of hydrogen-bond acceptors (Lipinski definition) is 4. The molecule has 0 radical (unpaired) electrons. The maximum absolute atomic E-state index is 12.4. The van der Waals surface area contributed by atoms with Gasteiger partial charge in [-0.25, -0.2) is 0 Å². The Kier molecular flexibility index (Phi) is 7.58. The third-order valence-electron chi connectivity index (χ3n) is 4.55. The molecule has 1 aromatic carbocycles. The molecule has 0 aliphatic carbocycles. The van der Waals surface area contributed by atoms with Crippen LogP contribution in [0.1, 0.15) is 39.2 Å². The molecule has 4 nitrogen and oxygen atoms in total. The number of nitrogens with one attached hydrogen (secondary N) is 1. The largest absolute Gasteiger partial charge is 0.490 e. The summed E-state index contributed by atoms with van der Waals surface area (Å²) in [7, 11) is 0. The molecule has 0 spiro atoms. The molecule has 1 aromatic rings. The Balaban J connectivity index is 1.90. The number of alkyl halides is 3. The van der Waals surface area contributed by atoms with E-state index in [2.05, 4.69) is 24.1 Å². The van der Waals surface area contributed by atoms with Crippen molar-refractivity contribution in [3.8, 4) is 11.5 Å². The summed E-state index contributed by atoms with van der Waals surface area (Å²) in [6.07, 6.45) is -2.17. The van der Waals surface area contributed by atoms with E-state index in [1.165, 1.54) is 0 Å². The minimum Gasteiger partial charge on any atom is -0.490 e. The predicted octanol–water partition coefficient (Wildman–Crippen LogP) is 3.99. The number of nitrogens with zero attached hydrogens (tertiary/aromatic N) is 1. The van der Waals surface area contributed by atoms with Gasteiger partial charge in [0.15, 0.2) is 18.1 Å². The number of benzene rings is 1. The predicted molar refractivity (Wildman–Crippen MR) is 95.7 cm³/mol. The first-order valence-electron chi connectivity index (χ1n) is 9.21. The topological polar surface area (TPSA) is 33.7 Å². The van der Waals surface area contributed by atoms with Gasteiger partial charge in [0.25, 0.3) is 0 Å². The van der Waals surface area contributed by atoms with Gasteiger partial charge in [-0.1, -0.05) is 6.07 Å². The molecule has 2 rings (SSSR count). The molecule has 1 saturated heterocycles. The van der Waals surface area contributed by atoms with Crippen LogP contribution in [0.2, 0.25) is 0 Å². The van der Waals surface area contributed by atoms with E-state index < -0.39 is 12.8 Å². The first-order valence-corrected chi connectivity index (χ1v) is 9.21. The molecule has 1 N–H and O–H groups in total. The highest BCUT2D eigenvalue weighted by atomic mass is 19.4. The SMILES string of the molecule is CCOc1cc(CNC2CCN(C(C)C)CC2)ccc1OCC(F)(F)F. The van der Waals surface area contributed by atoms with Crippen LogP contribution in [0.15, 0.2) is 18.2 Å². The first-order chi connectivity index (χ1) is 12.3. The minimum atomic E-state index is -4.37. The van der Waals surface area contributed by atoms with Crippen LogP contribution in [0.5, 0.6) is 11.5 Å². The van der Waals surface area contributed by atoms with Crippen molar-refractivity contribution in [1.29, 1.82) is 0 Å². The first kappa shape index (κ1) is 20.8. The molecule has 1 aliphatic heterocycles. The number of halogens is 3. The smallest absolute Gasteiger partial charge is 0.422 e. The molecular weight excluding hydrogens is 345 g/mol. The van der Waals surface area contributed by atoms with Crippen LogP contribution in [0.3, 0.4) is 0 Å². The normalized spacial score (nSPS) is 16.9. The van der Waals surface area contributed by atoms with E-state index in [9.17, 15) is 13.2 Å². The highest BCUT2D eigenvalue weighted by Crippen LogP contribution is 2.30. The Morgan fingerprint density at radius 3 is 2.42 bits per heavy atom. The Bertz CT molecular complexity index is 556. The average Bonchev–Trinajstić information content (AvgIpc) is 2.59. The van der Waals surface area contributed by atoms with E-state index in [-0.39, 0.29) is 5.75 Å². The molecule has 7 heteroatoms. The number of hydrogen-bond donors (Lipinski definition) is 1. The Labute approximate surface area is 153 Å². The van der Waals surface area contributed by atoms with E-state index in [0.717, 1.165) is 31.5 Å². The van der Waals surface area contributed by atoms with E-state index in [1.807, 2.05) is 0 Å². The lowest BCUT2D eigenvalue weighted by Gasteiger charge is -2.35. The van der Waals surface area contributed by atoms with Crippen molar-refractivity contribution < 1.29 is 22.6 Å². The standard InChI is InChI=1S/C19H29F3N2O2/c1-4-25-18-11-15(5-6-17(18)26-13-19(20,21)22)12-23-16-7-9-24(10-8-16)14(2)3/h5-6,11,14,16,23H,4,7-10,12-13H2,1-3H3. The molecule has 1 heterocycles. The van der Waals surface area contributed by atoms with Crippen LogP contribution in [0, 0.1) is 0 Å². The molecule has 0 saturated carbocycles. The zero-order valence-electron chi connectivity index (χ0n) is 15.7. The quantitative estimate of drug-likeness (QED) is 0.746. The van der Waals surface area contributed by atoms with Gasteiger partial charge in [0.1, 0.15) is 0 Å². The van der Waals surface area contributed by atoms with Gasteiger partial charge in [-0.15, -0.1) is 0 Å². The van der Waals surface area contributed by atoms with Crippen molar-refractivity contribution in [3.05, 3.63) is 23.8 Å². The van der Waals surface area contributed by atoms with Crippen molar-refractivity contribution in [2.24, 2.45) is 0 Å². The zero-order valence-corrected chi connectivity index (χ0v) is 15.7. The second-order valence-corrected chi connectivity index (χ2v) is 6.90.